The Bertz CT molecular complexity index is 685. The van der Waals surface area contributed by atoms with E-state index in [4.69, 9.17) is 4.74 Å². The number of nitrogens with zero attached hydrogens (tertiary/aromatic N) is 2. The van der Waals surface area contributed by atoms with Gasteiger partial charge in [-0.1, -0.05) is 36.7 Å². The van der Waals surface area contributed by atoms with Crippen LogP contribution in [-0.2, 0) is 9.59 Å². The number of fused-ring (bicyclic) bond motifs is 1. The first-order valence-electron chi connectivity index (χ1n) is 7.93. The third-order valence-electron chi connectivity index (χ3n) is 3.55. The normalized spacial score (nSPS) is 14.7. The molecule has 9 heteroatoms. The van der Waals surface area contributed by atoms with Crippen LogP contribution in [0.1, 0.15) is 20.8 Å². The van der Waals surface area contributed by atoms with Gasteiger partial charge < -0.3 is 9.64 Å². The van der Waals surface area contributed by atoms with Crippen molar-refractivity contribution >= 4 is 33.4 Å². The van der Waals surface area contributed by atoms with Crippen molar-refractivity contribution in [3.8, 4) is 5.75 Å². The Kier molecular flexibility index (Phi) is 5.89. The Labute approximate surface area is 158 Å². The van der Waals surface area contributed by atoms with Crippen LogP contribution < -0.4 is 9.64 Å². The van der Waals surface area contributed by atoms with E-state index in [9.17, 15) is 22.8 Å². The molecule has 144 valence electrons. The Morgan fingerprint density at radius 3 is 2.50 bits per heavy atom. The number of rotatable bonds is 4. The second-order valence-corrected chi connectivity index (χ2v) is 8.22. The zero-order valence-electron chi connectivity index (χ0n) is 14.7. The summed E-state index contributed by atoms with van der Waals surface area (Å²) in [6.45, 7) is 3.08. The third kappa shape index (κ3) is 5.62. The Balaban J connectivity index is 2.24. The van der Waals surface area contributed by atoms with E-state index in [2.05, 4.69) is 15.9 Å². The highest BCUT2D eigenvalue weighted by Gasteiger charge is 2.36. The van der Waals surface area contributed by atoms with E-state index < -0.39 is 36.5 Å². The maximum Gasteiger partial charge on any atom is 0.406 e. The molecule has 2 amide bonds. The highest BCUT2D eigenvalue weighted by molar-refractivity contribution is 9.10. The predicted molar refractivity (Wildman–Crippen MR) is 94.1 cm³/mol. The molecule has 2 rings (SSSR count). The first kappa shape index (κ1) is 20.5. The van der Waals surface area contributed by atoms with Crippen molar-refractivity contribution in [1.29, 1.82) is 0 Å². The maximum absolute atomic E-state index is 12.9. The molecule has 0 unspecified atom stereocenters. The zero-order valence-corrected chi connectivity index (χ0v) is 16.3. The number of ether oxygens (including phenoxy) is 1. The number of hydrogen-bond donors (Lipinski definition) is 0. The minimum Gasteiger partial charge on any atom is -0.482 e. The van der Waals surface area contributed by atoms with Crippen LogP contribution in [0.2, 0.25) is 0 Å². The van der Waals surface area contributed by atoms with E-state index in [1.165, 1.54) is 4.90 Å². The van der Waals surface area contributed by atoms with Crippen LogP contribution in [0.25, 0.3) is 0 Å². The molecule has 0 N–H and O–H groups in total. The molecule has 0 radical (unpaired) electrons. The summed E-state index contributed by atoms with van der Waals surface area (Å²) in [5, 5.41) is 0. The second-order valence-electron chi connectivity index (χ2n) is 7.31. The summed E-state index contributed by atoms with van der Waals surface area (Å²) in [5.41, 5.74) is -0.154. The fraction of sp³-hybridized carbons (Fsp3) is 0.529. The van der Waals surface area contributed by atoms with E-state index in [1.807, 2.05) is 0 Å². The van der Waals surface area contributed by atoms with Crippen molar-refractivity contribution in [2.75, 3.05) is 31.1 Å². The molecule has 0 atom stereocenters. The van der Waals surface area contributed by atoms with Gasteiger partial charge in [0.05, 0.1) is 5.69 Å². The van der Waals surface area contributed by atoms with Crippen LogP contribution in [-0.4, -0.2) is 49.1 Å². The molecule has 0 aromatic heterocycles. The van der Waals surface area contributed by atoms with Gasteiger partial charge in [0.2, 0.25) is 5.91 Å². The monoisotopic (exact) mass is 436 g/mol. The van der Waals surface area contributed by atoms with Crippen LogP contribution in [0.3, 0.4) is 0 Å². The number of hydrogen-bond acceptors (Lipinski definition) is 3. The van der Waals surface area contributed by atoms with Gasteiger partial charge in [-0.3, -0.25) is 14.5 Å². The van der Waals surface area contributed by atoms with Crippen LogP contribution in [0.15, 0.2) is 22.7 Å². The molecule has 1 aromatic carbocycles. The molecule has 1 aromatic rings. The average molecular weight is 437 g/mol. The Morgan fingerprint density at radius 2 is 1.92 bits per heavy atom. The highest BCUT2D eigenvalue weighted by atomic mass is 79.9. The molecular formula is C17H20BrF3N2O3. The summed E-state index contributed by atoms with van der Waals surface area (Å²) in [6, 6.07) is 4.89. The Morgan fingerprint density at radius 1 is 1.27 bits per heavy atom. The van der Waals surface area contributed by atoms with Gasteiger partial charge in [-0.2, -0.15) is 13.2 Å². The number of alkyl halides is 3. The summed E-state index contributed by atoms with van der Waals surface area (Å²) in [4.78, 5) is 26.7. The fourth-order valence-corrected chi connectivity index (χ4v) is 2.95. The van der Waals surface area contributed by atoms with E-state index in [1.54, 1.807) is 39.0 Å². The molecular weight excluding hydrogens is 417 g/mol. The standard InChI is InChI=1S/C17H20BrF3N2O3/c1-16(2,3)9-22(10-17(19,20)21)14(24)7-23-12-5-4-11(18)6-13(12)26-8-15(23)25/h4-6H,7-10H2,1-3H3. The first-order valence-corrected chi connectivity index (χ1v) is 8.72. The molecule has 26 heavy (non-hydrogen) atoms. The topological polar surface area (TPSA) is 49.9 Å². The smallest absolute Gasteiger partial charge is 0.406 e. The van der Waals surface area contributed by atoms with Crippen LogP contribution in [0.4, 0.5) is 18.9 Å². The largest absolute Gasteiger partial charge is 0.482 e. The van der Waals surface area contributed by atoms with Gasteiger partial charge in [0.1, 0.15) is 18.8 Å². The number of anilines is 1. The zero-order chi connectivity index (χ0) is 19.7. The van der Waals surface area contributed by atoms with E-state index in [0.717, 1.165) is 9.37 Å². The van der Waals surface area contributed by atoms with E-state index in [0.29, 0.717) is 11.4 Å². The van der Waals surface area contributed by atoms with Gasteiger partial charge in [-0.25, -0.2) is 0 Å². The molecule has 0 aliphatic carbocycles. The molecule has 1 heterocycles. The number of halogens is 4. The summed E-state index contributed by atoms with van der Waals surface area (Å²) < 4.78 is 44.7. The van der Waals surface area contributed by atoms with Crippen molar-refractivity contribution in [3.05, 3.63) is 22.7 Å². The Hall–Kier alpha value is -1.77. The first-order chi connectivity index (χ1) is 11.9. The molecule has 0 spiro atoms. The molecule has 0 bridgehead atoms. The minimum atomic E-state index is -4.52. The van der Waals surface area contributed by atoms with Gasteiger partial charge in [0.25, 0.3) is 5.91 Å². The lowest BCUT2D eigenvalue weighted by molar-refractivity contribution is -0.162. The van der Waals surface area contributed by atoms with Crippen molar-refractivity contribution in [2.45, 2.75) is 26.9 Å². The second kappa shape index (κ2) is 7.46. The van der Waals surface area contributed by atoms with Crippen molar-refractivity contribution in [2.24, 2.45) is 5.41 Å². The van der Waals surface area contributed by atoms with Crippen LogP contribution in [0.5, 0.6) is 5.75 Å². The molecule has 1 aliphatic heterocycles. The lowest BCUT2D eigenvalue weighted by Gasteiger charge is -2.34. The van der Waals surface area contributed by atoms with Crippen molar-refractivity contribution in [3.63, 3.8) is 0 Å². The lowest BCUT2D eigenvalue weighted by Crippen LogP contribution is -2.50. The summed E-state index contributed by atoms with van der Waals surface area (Å²) in [7, 11) is 0. The van der Waals surface area contributed by atoms with Gasteiger partial charge in [0.15, 0.2) is 6.61 Å². The molecule has 5 nitrogen and oxygen atoms in total. The quantitative estimate of drug-likeness (QED) is 0.724. The molecule has 0 saturated heterocycles. The number of benzene rings is 1. The van der Waals surface area contributed by atoms with Crippen LogP contribution >= 0.6 is 15.9 Å². The summed E-state index contributed by atoms with van der Waals surface area (Å²) in [5.74, 6) is -0.845. The van der Waals surface area contributed by atoms with Crippen LogP contribution in [0, 0.1) is 5.41 Å². The molecule has 0 saturated carbocycles. The minimum absolute atomic E-state index is 0.0724. The number of carbonyl (C=O) groups is 2. The SMILES string of the molecule is CC(C)(C)CN(CC(F)(F)F)C(=O)CN1C(=O)COc2cc(Br)ccc21. The van der Waals surface area contributed by atoms with Crippen molar-refractivity contribution in [1.82, 2.24) is 4.90 Å². The summed E-state index contributed by atoms with van der Waals surface area (Å²) in [6.07, 6.45) is -4.52. The lowest BCUT2D eigenvalue weighted by atomic mass is 9.96. The molecule has 1 aliphatic rings. The maximum atomic E-state index is 12.9. The van der Waals surface area contributed by atoms with E-state index in [-0.39, 0.29) is 13.2 Å². The number of amides is 2. The highest BCUT2D eigenvalue weighted by Crippen LogP contribution is 2.34. The van der Waals surface area contributed by atoms with Gasteiger partial charge in [-0.15, -0.1) is 0 Å². The summed E-state index contributed by atoms with van der Waals surface area (Å²) >= 11 is 3.28. The average Bonchev–Trinajstić information content (AvgIpc) is 2.46. The number of carbonyl (C=O) groups excluding carboxylic acids is 2. The fourth-order valence-electron chi connectivity index (χ4n) is 2.61. The third-order valence-corrected chi connectivity index (χ3v) is 4.04. The van der Waals surface area contributed by atoms with Gasteiger partial charge in [0, 0.05) is 11.0 Å². The molecule has 0 fully saturated rings. The van der Waals surface area contributed by atoms with E-state index >= 15 is 0 Å². The van der Waals surface area contributed by atoms with Crippen molar-refractivity contribution < 1.29 is 27.5 Å². The van der Waals surface area contributed by atoms with Gasteiger partial charge >= 0.3 is 6.18 Å². The van der Waals surface area contributed by atoms with Gasteiger partial charge in [-0.05, 0) is 23.6 Å². The predicted octanol–water partition coefficient (Wildman–Crippen LogP) is 3.61.